The molecule has 92 valence electrons. The van der Waals surface area contributed by atoms with Gasteiger partial charge in [0.1, 0.15) is 0 Å². The Bertz CT molecular complexity index is 259. The van der Waals surface area contributed by atoms with Gasteiger partial charge in [-0.15, -0.1) is 0 Å². The minimum Gasteiger partial charge on any atom is -0.481 e. The summed E-state index contributed by atoms with van der Waals surface area (Å²) in [6.45, 7) is 3.07. The van der Waals surface area contributed by atoms with Crippen molar-refractivity contribution in [2.75, 3.05) is 6.54 Å². The summed E-state index contributed by atoms with van der Waals surface area (Å²) in [5.41, 5.74) is 0. The van der Waals surface area contributed by atoms with Crippen molar-refractivity contribution in [2.45, 2.75) is 26.7 Å². The third kappa shape index (κ3) is 14.6. The van der Waals surface area contributed by atoms with Gasteiger partial charge in [0.15, 0.2) is 0 Å². The standard InChI is InChI=1S/C5H9NO3.C4H6O3/c1-4(7)6-3-2-5(8)9;1-2-3(5)4(6)7/h2-3H2,1H3,(H,6,7)(H,8,9);2H2,1H3,(H,6,7). The summed E-state index contributed by atoms with van der Waals surface area (Å²) in [6.07, 6.45) is 0.0644. The highest BCUT2D eigenvalue weighted by atomic mass is 16.4. The number of carboxylic acids is 2. The first-order valence-electron chi connectivity index (χ1n) is 4.53. The van der Waals surface area contributed by atoms with Gasteiger partial charge in [0, 0.05) is 19.9 Å². The fourth-order valence-corrected chi connectivity index (χ4v) is 0.497. The van der Waals surface area contributed by atoms with Crippen LogP contribution in [-0.2, 0) is 19.2 Å². The SMILES string of the molecule is CC(=O)NCCC(=O)O.CCC(=O)C(=O)O. The molecule has 0 heterocycles. The predicted molar refractivity (Wildman–Crippen MR) is 53.9 cm³/mol. The van der Waals surface area contributed by atoms with E-state index in [9.17, 15) is 19.2 Å². The first kappa shape index (κ1) is 16.5. The Morgan fingerprint density at radius 3 is 1.81 bits per heavy atom. The fraction of sp³-hybridized carbons (Fsp3) is 0.556. The van der Waals surface area contributed by atoms with Crippen LogP contribution in [0.4, 0.5) is 0 Å². The van der Waals surface area contributed by atoms with Gasteiger partial charge in [-0.25, -0.2) is 4.79 Å². The number of amides is 1. The molecule has 0 aliphatic rings. The average molecular weight is 233 g/mol. The van der Waals surface area contributed by atoms with E-state index in [4.69, 9.17) is 10.2 Å². The summed E-state index contributed by atoms with van der Waals surface area (Å²) < 4.78 is 0. The molecule has 0 bridgehead atoms. The number of carbonyl (C=O) groups excluding carboxylic acids is 2. The second-order valence-corrected chi connectivity index (χ2v) is 2.71. The summed E-state index contributed by atoms with van der Waals surface area (Å²) in [6, 6.07) is 0. The molecule has 0 aromatic heterocycles. The van der Waals surface area contributed by atoms with Crippen LogP contribution in [0.1, 0.15) is 26.7 Å². The Morgan fingerprint density at radius 2 is 1.62 bits per heavy atom. The fourth-order valence-electron chi connectivity index (χ4n) is 0.497. The van der Waals surface area contributed by atoms with Crippen LogP contribution in [0.15, 0.2) is 0 Å². The normalized spacial score (nSPS) is 8.38. The van der Waals surface area contributed by atoms with Crippen molar-refractivity contribution in [3.05, 3.63) is 0 Å². The first-order valence-corrected chi connectivity index (χ1v) is 4.53. The molecule has 16 heavy (non-hydrogen) atoms. The van der Waals surface area contributed by atoms with Crippen molar-refractivity contribution in [3.8, 4) is 0 Å². The van der Waals surface area contributed by atoms with Crippen LogP contribution < -0.4 is 5.32 Å². The Balaban J connectivity index is 0. The Morgan fingerprint density at radius 1 is 1.12 bits per heavy atom. The van der Waals surface area contributed by atoms with Crippen molar-refractivity contribution in [1.29, 1.82) is 0 Å². The monoisotopic (exact) mass is 233 g/mol. The van der Waals surface area contributed by atoms with Crippen LogP contribution in [0.25, 0.3) is 0 Å². The zero-order valence-electron chi connectivity index (χ0n) is 9.15. The highest BCUT2D eigenvalue weighted by Crippen LogP contribution is 1.76. The van der Waals surface area contributed by atoms with Gasteiger partial charge in [0.25, 0.3) is 0 Å². The van der Waals surface area contributed by atoms with E-state index in [2.05, 4.69) is 5.32 Å². The molecule has 0 unspecified atom stereocenters. The summed E-state index contributed by atoms with van der Waals surface area (Å²) >= 11 is 0. The maximum atomic E-state index is 10.1. The number of nitrogens with one attached hydrogen (secondary N) is 1. The molecule has 0 aromatic rings. The van der Waals surface area contributed by atoms with Crippen LogP contribution in [-0.4, -0.2) is 40.4 Å². The van der Waals surface area contributed by atoms with Gasteiger partial charge in [0.2, 0.25) is 11.7 Å². The van der Waals surface area contributed by atoms with E-state index >= 15 is 0 Å². The van der Waals surface area contributed by atoms with E-state index in [-0.39, 0.29) is 25.3 Å². The van der Waals surface area contributed by atoms with Crippen molar-refractivity contribution in [2.24, 2.45) is 0 Å². The zero-order chi connectivity index (χ0) is 13.1. The Labute approximate surface area is 92.4 Å². The summed E-state index contributed by atoms with van der Waals surface area (Å²) in [4.78, 5) is 39.4. The quantitative estimate of drug-likeness (QED) is 0.558. The van der Waals surface area contributed by atoms with Crippen LogP contribution in [0.2, 0.25) is 0 Å². The van der Waals surface area contributed by atoms with E-state index in [1.54, 1.807) is 0 Å². The molecule has 0 saturated heterocycles. The van der Waals surface area contributed by atoms with Gasteiger partial charge in [0.05, 0.1) is 6.42 Å². The molecular formula is C9H15NO6. The van der Waals surface area contributed by atoms with E-state index in [0.29, 0.717) is 0 Å². The molecule has 1 amide bonds. The van der Waals surface area contributed by atoms with Gasteiger partial charge < -0.3 is 15.5 Å². The lowest BCUT2D eigenvalue weighted by Crippen LogP contribution is -2.22. The lowest BCUT2D eigenvalue weighted by molar-refractivity contribution is -0.148. The third-order valence-electron chi connectivity index (χ3n) is 1.27. The number of hydrogen-bond donors (Lipinski definition) is 3. The van der Waals surface area contributed by atoms with Crippen LogP contribution in [0.5, 0.6) is 0 Å². The first-order chi connectivity index (χ1) is 7.31. The third-order valence-corrected chi connectivity index (χ3v) is 1.27. The largest absolute Gasteiger partial charge is 0.481 e. The number of aliphatic carboxylic acids is 2. The molecule has 0 aliphatic heterocycles. The minimum absolute atomic E-state index is 0.0143. The summed E-state index contributed by atoms with van der Waals surface area (Å²) in [7, 11) is 0. The molecule has 0 fully saturated rings. The van der Waals surface area contributed by atoms with Gasteiger partial charge in [-0.3, -0.25) is 14.4 Å². The molecule has 0 spiro atoms. The Kier molecular flexibility index (Phi) is 9.93. The van der Waals surface area contributed by atoms with Crippen molar-refractivity contribution in [3.63, 3.8) is 0 Å². The molecular weight excluding hydrogens is 218 g/mol. The number of rotatable bonds is 5. The number of ketones is 1. The predicted octanol–water partition coefficient (Wildman–Crippen LogP) is -0.353. The smallest absolute Gasteiger partial charge is 0.372 e. The number of Topliss-reactive ketones (excluding diaryl/α,β-unsaturated/α-hetero) is 1. The number of carboxylic acid groups (broad SMARTS) is 2. The maximum absolute atomic E-state index is 10.1. The molecule has 0 atom stereocenters. The van der Waals surface area contributed by atoms with Crippen LogP contribution in [0.3, 0.4) is 0 Å². The lowest BCUT2D eigenvalue weighted by Gasteiger charge is -1.95. The summed E-state index contributed by atoms with van der Waals surface area (Å²) in [5, 5.41) is 18.3. The highest BCUT2D eigenvalue weighted by molar-refractivity contribution is 6.32. The van der Waals surface area contributed by atoms with Gasteiger partial charge >= 0.3 is 11.9 Å². The number of carbonyl (C=O) groups is 4. The highest BCUT2D eigenvalue weighted by Gasteiger charge is 2.05. The van der Waals surface area contributed by atoms with Gasteiger partial charge in [-0.1, -0.05) is 6.92 Å². The molecule has 0 radical (unpaired) electrons. The van der Waals surface area contributed by atoms with Gasteiger partial charge in [-0.2, -0.15) is 0 Å². The molecule has 3 N–H and O–H groups in total. The molecule has 0 rings (SSSR count). The van der Waals surface area contributed by atoms with Crippen molar-refractivity contribution in [1.82, 2.24) is 5.32 Å². The Hall–Kier alpha value is -1.92. The second kappa shape index (κ2) is 9.63. The molecule has 0 aromatic carbocycles. The molecule has 7 nitrogen and oxygen atoms in total. The van der Waals surface area contributed by atoms with E-state index in [1.807, 2.05) is 0 Å². The van der Waals surface area contributed by atoms with E-state index < -0.39 is 17.7 Å². The molecule has 7 heteroatoms. The minimum atomic E-state index is -1.34. The van der Waals surface area contributed by atoms with Crippen LogP contribution >= 0.6 is 0 Å². The van der Waals surface area contributed by atoms with E-state index in [1.165, 1.54) is 13.8 Å². The molecule has 0 aliphatic carbocycles. The summed E-state index contributed by atoms with van der Waals surface area (Å²) in [5.74, 6) is -3.18. The van der Waals surface area contributed by atoms with Gasteiger partial charge in [-0.05, 0) is 0 Å². The van der Waals surface area contributed by atoms with Crippen molar-refractivity contribution >= 4 is 23.6 Å². The zero-order valence-corrected chi connectivity index (χ0v) is 9.15. The van der Waals surface area contributed by atoms with Crippen molar-refractivity contribution < 1.29 is 29.4 Å². The van der Waals surface area contributed by atoms with E-state index in [0.717, 1.165) is 0 Å². The molecule has 0 saturated carbocycles. The number of hydrogen-bond acceptors (Lipinski definition) is 4. The average Bonchev–Trinajstić information content (AvgIpc) is 2.16. The van der Waals surface area contributed by atoms with Crippen LogP contribution in [0, 0.1) is 0 Å². The topological polar surface area (TPSA) is 121 Å². The second-order valence-electron chi connectivity index (χ2n) is 2.71. The lowest BCUT2D eigenvalue weighted by atomic mass is 10.3. The maximum Gasteiger partial charge on any atom is 0.372 e.